The smallest absolute Gasteiger partial charge is 0.328 e. The van der Waals surface area contributed by atoms with E-state index in [1.165, 1.54) is 10.8 Å². The summed E-state index contributed by atoms with van der Waals surface area (Å²) in [6, 6.07) is 14.1. The third-order valence-electron chi connectivity index (χ3n) is 4.99. The first-order valence-corrected chi connectivity index (χ1v) is 8.51. The van der Waals surface area contributed by atoms with Crippen molar-refractivity contribution >= 4 is 10.9 Å². The van der Waals surface area contributed by atoms with E-state index in [9.17, 15) is 9.90 Å². The van der Waals surface area contributed by atoms with Gasteiger partial charge in [-0.15, -0.1) is 0 Å². The molecule has 0 bridgehead atoms. The van der Waals surface area contributed by atoms with Crippen LogP contribution in [0.2, 0.25) is 0 Å². The van der Waals surface area contributed by atoms with Gasteiger partial charge in [-0.25, -0.2) is 4.79 Å². The number of pyridine rings is 2. The van der Waals surface area contributed by atoms with Crippen LogP contribution >= 0.6 is 0 Å². The molecule has 4 aromatic rings. The van der Waals surface area contributed by atoms with E-state index in [4.69, 9.17) is 0 Å². The van der Waals surface area contributed by atoms with Crippen molar-refractivity contribution in [2.24, 2.45) is 0 Å². The van der Waals surface area contributed by atoms with Crippen LogP contribution < -0.4 is 5.69 Å². The first-order chi connectivity index (χ1) is 12.7. The molecule has 0 aliphatic heterocycles. The maximum Gasteiger partial charge on any atom is 0.328 e. The maximum atomic E-state index is 11.8. The summed E-state index contributed by atoms with van der Waals surface area (Å²) in [6.45, 7) is 0. The van der Waals surface area contributed by atoms with Crippen LogP contribution in [-0.2, 0) is 0 Å². The molecule has 1 aliphatic carbocycles. The van der Waals surface area contributed by atoms with Gasteiger partial charge in [0.05, 0.1) is 17.4 Å². The Hall–Kier alpha value is -3.41. The Bertz CT molecular complexity index is 1160. The van der Waals surface area contributed by atoms with Crippen molar-refractivity contribution in [3.05, 3.63) is 77.1 Å². The normalized spacial score (nSPS) is 18.9. The van der Waals surface area contributed by atoms with Gasteiger partial charge >= 0.3 is 5.69 Å². The Labute approximate surface area is 148 Å². The Morgan fingerprint density at radius 3 is 2.85 bits per heavy atom. The van der Waals surface area contributed by atoms with Crippen molar-refractivity contribution in [2.45, 2.75) is 18.4 Å². The van der Waals surface area contributed by atoms with Gasteiger partial charge in [-0.05, 0) is 36.2 Å². The summed E-state index contributed by atoms with van der Waals surface area (Å²) in [5.74, 6) is 0.189. The van der Waals surface area contributed by atoms with Crippen molar-refractivity contribution in [1.29, 1.82) is 0 Å². The second-order valence-electron chi connectivity index (χ2n) is 6.62. The van der Waals surface area contributed by atoms with Crippen LogP contribution in [0.3, 0.4) is 0 Å². The number of benzene rings is 1. The molecule has 6 heteroatoms. The number of hydrogen-bond donors (Lipinski definition) is 2. The quantitative estimate of drug-likeness (QED) is 0.598. The number of fused-ring (bicyclic) bond motifs is 1. The van der Waals surface area contributed by atoms with Crippen LogP contribution in [0.1, 0.15) is 23.9 Å². The molecule has 1 saturated carbocycles. The number of hydrogen-bond acceptors (Lipinski definition) is 4. The summed E-state index contributed by atoms with van der Waals surface area (Å²) >= 11 is 0. The summed E-state index contributed by atoms with van der Waals surface area (Å²) in [6.07, 6.45) is 5.80. The molecule has 128 valence electrons. The Morgan fingerprint density at radius 1 is 1.15 bits per heavy atom. The van der Waals surface area contributed by atoms with Gasteiger partial charge in [0.25, 0.3) is 0 Å². The van der Waals surface area contributed by atoms with Gasteiger partial charge < -0.3 is 10.1 Å². The number of aromatic hydroxyl groups is 1. The highest BCUT2D eigenvalue weighted by Gasteiger charge is 2.42. The molecule has 6 nitrogen and oxygen atoms in total. The zero-order chi connectivity index (χ0) is 17.7. The van der Waals surface area contributed by atoms with E-state index >= 15 is 0 Å². The molecular formula is C20H16N4O2. The van der Waals surface area contributed by atoms with E-state index in [0.29, 0.717) is 0 Å². The Kier molecular flexibility index (Phi) is 3.18. The monoisotopic (exact) mass is 344 g/mol. The van der Waals surface area contributed by atoms with Crippen LogP contribution in [0.15, 0.2) is 65.8 Å². The van der Waals surface area contributed by atoms with E-state index < -0.39 is 0 Å². The number of rotatable bonds is 3. The molecule has 1 aliphatic rings. The van der Waals surface area contributed by atoms with Crippen LogP contribution in [0.25, 0.3) is 22.2 Å². The summed E-state index contributed by atoms with van der Waals surface area (Å²) < 4.78 is 1.41. The van der Waals surface area contributed by atoms with Gasteiger partial charge in [0.15, 0.2) is 0 Å². The topological polar surface area (TPSA) is 83.8 Å². The molecule has 2 unspecified atom stereocenters. The number of aromatic nitrogens is 4. The highest BCUT2D eigenvalue weighted by atomic mass is 16.3. The van der Waals surface area contributed by atoms with E-state index in [0.717, 1.165) is 34.1 Å². The second-order valence-corrected chi connectivity index (χ2v) is 6.62. The summed E-state index contributed by atoms with van der Waals surface area (Å²) in [5.41, 5.74) is 3.71. The van der Waals surface area contributed by atoms with Crippen LogP contribution in [-0.4, -0.2) is 24.6 Å². The molecule has 0 amide bonds. The molecule has 0 saturated heterocycles. The minimum atomic E-state index is -0.274. The predicted octanol–water partition coefficient (Wildman–Crippen LogP) is 3.22. The molecule has 3 heterocycles. The average molecular weight is 344 g/mol. The van der Waals surface area contributed by atoms with Gasteiger partial charge in [-0.3, -0.25) is 14.5 Å². The zero-order valence-corrected chi connectivity index (χ0v) is 13.8. The standard InChI is InChI=1S/C20H16N4O2/c25-19-11-23-20(26)24(19)18-9-15(18)14-4-6-17(22-10-14)13-3-5-16-12(8-13)2-1-7-21-16/h1-8,10-11,15,18,25H,9H2,(H,23,26). The van der Waals surface area contributed by atoms with Crippen molar-refractivity contribution < 1.29 is 5.11 Å². The van der Waals surface area contributed by atoms with Gasteiger partial charge in [-0.1, -0.05) is 18.2 Å². The Morgan fingerprint density at radius 2 is 2.08 bits per heavy atom. The molecule has 1 fully saturated rings. The SMILES string of the molecule is O=c1[nH]cc(O)n1C1CC1c1ccc(-c2ccc3ncccc3c2)nc1. The maximum absolute atomic E-state index is 11.8. The number of nitrogens with one attached hydrogen (secondary N) is 1. The lowest BCUT2D eigenvalue weighted by Crippen LogP contribution is -2.15. The molecular weight excluding hydrogens is 328 g/mol. The third-order valence-corrected chi connectivity index (χ3v) is 4.99. The average Bonchev–Trinajstić information content (AvgIpc) is 3.39. The van der Waals surface area contributed by atoms with Crippen molar-refractivity contribution in [2.75, 3.05) is 0 Å². The summed E-state index contributed by atoms with van der Waals surface area (Å²) in [4.78, 5) is 23.2. The zero-order valence-electron chi connectivity index (χ0n) is 13.8. The molecule has 26 heavy (non-hydrogen) atoms. The highest BCUT2D eigenvalue weighted by Crippen LogP contribution is 2.51. The second kappa shape index (κ2) is 5.56. The number of nitrogens with zero attached hydrogens (tertiary/aromatic N) is 3. The lowest BCUT2D eigenvalue weighted by Gasteiger charge is -2.06. The molecule has 0 radical (unpaired) electrons. The fourth-order valence-corrected chi connectivity index (χ4v) is 3.55. The van der Waals surface area contributed by atoms with Gasteiger partial charge in [0.1, 0.15) is 0 Å². The Balaban J connectivity index is 1.42. The van der Waals surface area contributed by atoms with Crippen molar-refractivity contribution in [1.82, 2.24) is 19.5 Å². The molecule has 1 aromatic carbocycles. The summed E-state index contributed by atoms with van der Waals surface area (Å²) in [7, 11) is 0. The summed E-state index contributed by atoms with van der Waals surface area (Å²) in [5, 5.41) is 10.9. The van der Waals surface area contributed by atoms with Gasteiger partial charge in [-0.2, -0.15) is 0 Å². The van der Waals surface area contributed by atoms with Crippen LogP contribution in [0.4, 0.5) is 0 Å². The number of imidazole rings is 1. The van der Waals surface area contributed by atoms with Gasteiger partial charge in [0.2, 0.25) is 5.88 Å². The van der Waals surface area contributed by atoms with E-state index in [1.54, 1.807) is 6.20 Å². The largest absolute Gasteiger partial charge is 0.493 e. The predicted molar refractivity (Wildman–Crippen MR) is 98.1 cm³/mol. The van der Waals surface area contributed by atoms with E-state index in [2.05, 4.69) is 27.1 Å². The van der Waals surface area contributed by atoms with E-state index in [1.807, 2.05) is 36.5 Å². The molecule has 0 spiro atoms. The fourth-order valence-electron chi connectivity index (χ4n) is 3.55. The lowest BCUT2D eigenvalue weighted by molar-refractivity contribution is 0.413. The molecule has 5 rings (SSSR count). The van der Waals surface area contributed by atoms with E-state index in [-0.39, 0.29) is 23.5 Å². The molecule has 2 atom stereocenters. The molecule has 2 N–H and O–H groups in total. The highest BCUT2D eigenvalue weighted by molar-refractivity contribution is 5.83. The van der Waals surface area contributed by atoms with Crippen molar-refractivity contribution in [3.63, 3.8) is 0 Å². The van der Waals surface area contributed by atoms with Gasteiger partial charge in [0, 0.05) is 35.3 Å². The van der Waals surface area contributed by atoms with Crippen LogP contribution in [0.5, 0.6) is 5.88 Å². The number of H-pyrrole nitrogens is 1. The minimum absolute atomic E-state index is 0.00635. The lowest BCUT2D eigenvalue weighted by atomic mass is 10.1. The number of aromatic amines is 1. The van der Waals surface area contributed by atoms with Crippen molar-refractivity contribution in [3.8, 4) is 17.1 Å². The third kappa shape index (κ3) is 2.38. The minimum Gasteiger partial charge on any atom is -0.493 e. The first-order valence-electron chi connectivity index (χ1n) is 8.51. The fraction of sp³-hybridized carbons (Fsp3) is 0.150. The van der Waals surface area contributed by atoms with Crippen LogP contribution in [0, 0.1) is 0 Å². The first kappa shape index (κ1) is 14.9. The molecule has 3 aromatic heterocycles.